The molecule has 0 fully saturated rings. The Balaban J connectivity index is 1.90. The van der Waals surface area contributed by atoms with Gasteiger partial charge < -0.3 is 26.1 Å². The molecular formula is C27H40N6O2. The highest BCUT2D eigenvalue weighted by Gasteiger charge is 2.16. The number of nitrogens with zero attached hydrogens (tertiary/aromatic N) is 2. The van der Waals surface area contributed by atoms with Gasteiger partial charge in [0.2, 0.25) is 11.8 Å². The van der Waals surface area contributed by atoms with E-state index in [0.717, 1.165) is 48.4 Å². The van der Waals surface area contributed by atoms with E-state index in [1.165, 1.54) is 0 Å². The third-order valence-electron chi connectivity index (χ3n) is 5.37. The van der Waals surface area contributed by atoms with Gasteiger partial charge in [-0.05, 0) is 75.9 Å². The number of anilines is 1. The molecule has 0 aliphatic rings. The van der Waals surface area contributed by atoms with Crippen LogP contribution >= 0.6 is 0 Å². The molecule has 0 saturated carbocycles. The Kier molecular flexibility index (Phi) is 11.7. The quantitative estimate of drug-likeness (QED) is 0.275. The van der Waals surface area contributed by atoms with E-state index >= 15 is 0 Å². The molecule has 8 nitrogen and oxygen atoms in total. The molecule has 35 heavy (non-hydrogen) atoms. The Morgan fingerprint density at radius 1 is 1.23 bits per heavy atom. The minimum absolute atomic E-state index is 0.0461. The van der Waals surface area contributed by atoms with Gasteiger partial charge in [-0.3, -0.25) is 4.79 Å². The van der Waals surface area contributed by atoms with Crippen molar-refractivity contribution in [3.63, 3.8) is 0 Å². The lowest BCUT2D eigenvalue weighted by atomic mass is 10.1. The van der Waals surface area contributed by atoms with Crippen LogP contribution in [0.25, 0.3) is 0 Å². The van der Waals surface area contributed by atoms with E-state index in [2.05, 4.69) is 46.9 Å². The minimum atomic E-state index is -0.262. The SMILES string of the molecule is CCCNc1nc(CCCC(=N)/C=C\NC(CC(=O)NC(C)C)c2ccc(OC)nc2)ccc1C. The van der Waals surface area contributed by atoms with Crippen molar-refractivity contribution in [2.75, 3.05) is 19.0 Å². The maximum absolute atomic E-state index is 12.4. The Morgan fingerprint density at radius 3 is 2.69 bits per heavy atom. The van der Waals surface area contributed by atoms with Gasteiger partial charge in [-0.1, -0.05) is 19.1 Å². The molecule has 2 aromatic heterocycles. The van der Waals surface area contributed by atoms with E-state index in [-0.39, 0.29) is 24.4 Å². The zero-order valence-corrected chi connectivity index (χ0v) is 21.6. The molecule has 2 heterocycles. The summed E-state index contributed by atoms with van der Waals surface area (Å²) in [6.45, 7) is 8.98. The van der Waals surface area contributed by atoms with Crippen molar-refractivity contribution in [2.24, 2.45) is 0 Å². The summed E-state index contributed by atoms with van der Waals surface area (Å²) in [5, 5.41) is 17.9. The molecule has 0 radical (unpaired) electrons. The van der Waals surface area contributed by atoms with Crippen molar-refractivity contribution in [3.8, 4) is 5.88 Å². The van der Waals surface area contributed by atoms with Gasteiger partial charge >= 0.3 is 0 Å². The van der Waals surface area contributed by atoms with Crippen LogP contribution in [-0.4, -0.2) is 41.3 Å². The number of aromatic nitrogens is 2. The van der Waals surface area contributed by atoms with E-state index < -0.39 is 0 Å². The van der Waals surface area contributed by atoms with Crippen molar-refractivity contribution in [2.45, 2.75) is 71.9 Å². The highest BCUT2D eigenvalue weighted by atomic mass is 16.5. The lowest BCUT2D eigenvalue weighted by molar-refractivity contribution is -0.122. The summed E-state index contributed by atoms with van der Waals surface area (Å²) >= 11 is 0. The molecule has 4 N–H and O–H groups in total. The minimum Gasteiger partial charge on any atom is -0.481 e. The van der Waals surface area contributed by atoms with Crippen LogP contribution in [0.4, 0.5) is 5.82 Å². The summed E-state index contributed by atoms with van der Waals surface area (Å²) in [6.07, 6.45) is 8.83. The second-order valence-electron chi connectivity index (χ2n) is 8.89. The van der Waals surface area contributed by atoms with E-state index in [0.29, 0.717) is 18.0 Å². The first-order valence-electron chi connectivity index (χ1n) is 12.3. The van der Waals surface area contributed by atoms with E-state index in [1.54, 1.807) is 31.6 Å². The number of pyridine rings is 2. The van der Waals surface area contributed by atoms with Gasteiger partial charge in [-0.15, -0.1) is 0 Å². The van der Waals surface area contributed by atoms with Crippen LogP contribution < -0.4 is 20.7 Å². The molecule has 0 aliphatic carbocycles. The predicted octanol–water partition coefficient (Wildman–Crippen LogP) is 4.72. The van der Waals surface area contributed by atoms with Crippen LogP contribution in [0, 0.1) is 12.3 Å². The fourth-order valence-corrected chi connectivity index (χ4v) is 3.50. The zero-order chi connectivity index (χ0) is 25.6. The number of amides is 1. The summed E-state index contributed by atoms with van der Waals surface area (Å²) in [5.74, 6) is 1.42. The van der Waals surface area contributed by atoms with Crippen LogP contribution in [0.3, 0.4) is 0 Å². The predicted molar refractivity (Wildman–Crippen MR) is 142 cm³/mol. The number of hydrogen-bond donors (Lipinski definition) is 4. The molecule has 2 aromatic rings. The van der Waals surface area contributed by atoms with Crippen molar-refractivity contribution in [3.05, 3.63) is 59.6 Å². The smallest absolute Gasteiger partial charge is 0.222 e. The lowest BCUT2D eigenvalue weighted by Gasteiger charge is -2.18. The zero-order valence-electron chi connectivity index (χ0n) is 21.6. The average Bonchev–Trinajstić information content (AvgIpc) is 2.83. The Bertz CT molecular complexity index is 972. The number of allylic oxidation sites excluding steroid dienone is 1. The number of aryl methyl sites for hydroxylation is 2. The molecule has 0 aromatic carbocycles. The highest BCUT2D eigenvalue weighted by Crippen LogP contribution is 2.19. The van der Waals surface area contributed by atoms with Crippen molar-refractivity contribution in [1.82, 2.24) is 20.6 Å². The molecule has 1 amide bonds. The summed E-state index contributed by atoms with van der Waals surface area (Å²) in [4.78, 5) is 21.3. The summed E-state index contributed by atoms with van der Waals surface area (Å²) in [7, 11) is 1.57. The summed E-state index contributed by atoms with van der Waals surface area (Å²) in [5.41, 5.74) is 3.57. The molecule has 1 atom stereocenters. The lowest BCUT2D eigenvalue weighted by Crippen LogP contribution is -2.33. The second kappa shape index (κ2) is 14.8. The van der Waals surface area contributed by atoms with Crippen molar-refractivity contribution < 1.29 is 9.53 Å². The molecule has 8 heteroatoms. The Morgan fingerprint density at radius 2 is 2.03 bits per heavy atom. The Labute approximate surface area is 209 Å². The number of nitrogens with one attached hydrogen (secondary N) is 4. The van der Waals surface area contributed by atoms with Gasteiger partial charge in [-0.2, -0.15) is 0 Å². The third-order valence-corrected chi connectivity index (χ3v) is 5.37. The summed E-state index contributed by atoms with van der Waals surface area (Å²) in [6, 6.07) is 7.63. The van der Waals surface area contributed by atoms with Crippen LogP contribution in [0.15, 0.2) is 42.7 Å². The number of rotatable bonds is 15. The number of ether oxygens (including phenoxy) is 1. The van der Waals surface area contributed by atoms with E-state index in [4.69, 9.17) is 15.1 Å². The number of carbonyl (C=O) groups is 1. The molecule has 0 saturated heterocycles. The van der Waals surface area contributed by atoms with E-state index in [9.17, 15) is 4.79 Å². The molecule has 0 bridgehead atoms. The maximum Gasteiger partial charge on any atom is 0.222 e. The Hall–Kier alpha value is -3.42. The van der Waals surface area contributed by atoms with Crippen molar-refractivity contribution in [1.29, 1.82) is 5.41 Å². The van der Waals surface area contributed by atoms with Gasteiger partial charge in [0, 0.05) is 36.3 Å². The van der Waals surface area contributed by atoms with Crippen LogP contribution in [0.1, 0.15) is 69.3 Å². The first-order valence-corrected chi connectivity index (χ1v) is 12.3. The van der Waals surface area contributed by atoms with Gasteiger partial charge in [-0.25, -0.2) is 9.97 Å². The van der Waals surface area contributed by atoms with Crippen LogP contribution in [0.5, 0.6) is 5.88 Å². The van der Waals surface area contributed by atoms with Crippen molar-refractivity contribution >= 4 is 17.4 Å². The fourth-order valence-electron chi connectivity index (χ4n) is 3.50. The van der Waals surface area contributed by atoms with Gasteiger partial charge in [0.1, 0.15) is 5.82 Å². The van der Waals surface area contributed by atoms with Crippen LogP contribution in [0.2, 0.25) is 0 Å². The average molecular weight is 481 g/mol. The summed E-state index contributed by atoms with van der Waals surface area (Å²) < 4.78 is 5.13. The molecule has 190 valence electrons. The maximum atomic E-state index is 12.4. The largest absolute Gasteiger partial charge is 0.481 e. The fraction of sp³-hybridized carbons (Fsp3) is 0.481. The second-order valence-corrected chi connectivity index (χ2v) is 8.89. The first-order chi connectivity index (χ1) is 16.8. The van der Waals surface area contributed by atoms with Gasteiger partial charge in [0.05, 0.1) is 19.6 Å². The molecule has 0 spiro atoms. The van der Waals surface area contributed by atoms with Gasteiger partial charge in [0.25, 0.3) is 0 Å². The number of hydrogen-bond acceptors (Lipinski definition) is 7. The monoisotopic (exact) mass is 480 g/mol. The third kappa shape index (κ3) is 10.2. The molecule has 0 aliphatic heterocycles. The standard InChI is InChI=1S/C27H40N6O2/c1-6-15-30-27-20(4)10-12-23(33-27)9-7-8-22(28)14-16-29-24(17-25(34)32-19(2)3)21-11-13-26(35-5)31-18-21/h10-14,16,18-19,24,28-29H,6-9,15,17H2,1-5H3,(H,30,33)(H,32,34)/b16-14-,28-22?. The van der Waals surface area contributed by atoms with Crippen LogP contribution in [-0.2, 0) is 11.2 Å². The molecule has 2 rings (SSSR count). The first kappa shape index (κ1) is 27.8. The highest BCUT2D eigenvalue weighted by molar-refractivity contribution is 5.92. The number of methoxy groups -OCH3 is 1. The topological polar surface area (TPSA) is 112 Å². The van der Waals surface area contributed by atoms with Gasteiger partial charge in [0.15, 0.2) is 0 Å². The van der Waals surface area contributed by atoms with E-state index in [1.807, 2.05) is 19.9 Å². The number of carbonyl (C=O) groups excluding carboxylic acids is 1. The molecule has 1 unspecified atom stereocenters. The normalized spacial score (nSPS) is 11.9. The molecular weight excluding hydrogens is 440 g/mol.